The minimum absolute atomic E-state index is 0.193. The summed E-state index contributed by atoms with van der Waals surface area (Å²) in [5, 5.41) is 21.6. The zero-order valence-corrected chi connectivity index (χ0v) is 13.8. The fraction of sp³-hybridized carbons (Fsp3) is 0.263. The van der Waals surface area contributed by atoms with E-state index in [4.69, 9.17) is 5.11 Å². The van der Waals surface area contributed by atoms with Crippen LogP contribution in [0.15, 0.2) is 48.5 Å². The predicted molar refractivity (Wildman–Crippen MR) is 91.6 cm³/mol. The van der Waals surface area contributed by atoms with Crippen molar-refractivity contribution >= 4 is 17.6 Å². The van der Waals surface area contributed by atoms with Crippen LogP contribution in [0.5, 0.6) is 0 Å². The molecule has 0 aliphatic rings. The molecule has 25 heavy (non-hydrogen) atoms. The van der Waals surface area contributed by atoms with E-state index < -0.39 is 29.7 Å². The number of carbonyl (C=O) groups excluding carboxylic acids is 1. The van der Waals surface area contributed by atoms with Gasteiger partial charge in [-0.2, -0.15) is 0 Å². The lowest BCUT2D eigenvalue weighted by atomic mass is 10.0. The van der Waals surface area contributed by atoms with E-state index >= 15 is 0 Å². The van der Waals surface area contributed by atoms with Gasteiger partial charge in [-0.1, -0.05) is 31.2 Å². The molecule has 2 rings (SSSR count). The molecule has 0 radical (unpaired) electrons. The van der Waals surface area contributed by atoms with Gasteiger partial charge in [0.05, 0.1) is 18.4 Å². The second-order valence-electron chi connectivity index (χ2n) is 5.96. The first-order chi connectivity index (χ1) is 11.8. The minimum atomic E-state index is -1.09. The van der Waals surface area contributed by atoms with Crippen LogP contribution >= 0.6 is 0 Å². The monoisotopic (exact) mass is 345 g/mol. The molecule has 0 aromatic heterocycles. The van der Waals surface area contributed by atoms with Crippen molar-refractivity contribution in [1.29, 1.82) is 0 Å². The first kappa shape index (κ1) is 18.6. The molecule has 0 aliphatic heterocycles. The molecule has 2 aromatic rings. The highest BCUT2D eigenvalue weighted by Crippen LogP contribution is 2.19. The van der Waals surface area contributed by atoms with E-state index in [1.165, 1.54) is 18.2 Å². The van der Waals surface area contributed by atoms with Crippen LogP contribution in [0.4, 0.5) is 10.1 Å². The first-order valence-electron chi connectivity index (χ1n) is 7.90. The van der Waals surface area contributed by atoms with Crippen LogP contribution in [0.3, 0.4) is 0 Å². The van der Waals surface area contributed by atoms with Gasteiger partial charge in [-0.3, -0.25) is 9.59 Å². The molecule has 5 nitrogen and oxygen atoms in total. The van der Waals surface area contributed by atoms with Crippen LogP contribution in [0.25, 0.3) is 0 Å². The Morgan fingerprint density at radius 3 is 2.44 bits per heavy atom. The third-order valence-electron chi connectivity index (χ3n) is 3.81. The van der Waals surface area contributed by atoms with Crippen LogP contribution in [-0.2, 0) is 16.0 Å². The Labute approximate surface area is 145 Å². The molecule has 0 aliphatic carbocycles. The Balaban J connectivity index is 1.91. The second-order valence-corrected chi connectivity index (χ2v) is 5.96. The van der Waals surface area contributed by atoms with E-state index in [0.29, 0.717) is 17.7 Å². The largest absolute Gasteiger partial charge is 0.481 e. The summed E-state index contributed by atoms with van der Waals surface area (Å²) in [6, 6.07) is 12.3. The predicted octanol–water partition coefficient (Wildman–Crippen LogP) is 3.15. The van der Waals surface area contributed by atoms with Crippen molar-refractivity contribution in [2.24, 2.45) is 5.92 Å². The van der Waals surface area contributed by atoms with Crippen molar-refractivity contribution in [1.82, 2.24) is 0 Å². The number of carboxylic acid groups (broad SMARTS) is 1. The molecule has 2 aromatic carbocycles. The molecule has 0 saturated carbocycles. The zero-order valence-electron chi connectivity index (χ0n) is 13.8. The molecule has 0 fully saturated rings. The normalized spacial score (nSPS) is 13.1. The average Bonchev–Trinajstić information content (AvgIpc) is 2.56. The van der Waals surface area contributed by atoms with E-state index in [1.54, 1.807) is 37.3 Å². The maximum Gasteiger partial charge on any atom is 0.306 e. The summed E-state index contributed by atoms with van der Waals surface area (Å²) < 4.78 is 13.1. The summed E-state index contributed by atoms with van der Waals surface area (Å²) in [4.78, 5) is 22.8. The Morgan fingerprint density at radius 2 is 1.84 bits per heavy atom. The van der Waals surface area contributed by atoms with Gasteiger partial charge < -0.3 is 15.5 Å². The van der Waals surface area contributed by atoms with Crippen LogP contribution in [0.2, 0.25) is 0 Å². The maximum absolute atomic E-state index is 13.1. The summed E-state index contributed by atoms with van der Waals surface area (Å²) in [5.74, 6) is -2.21. The number of aliphatic hydroxyl groups is 1. The maximum atomic E-state index is 13.1. The van der Waals surface area contributed by atoms with Crippen LogP contribution < -0.4 is 5.32 Å². The fourth-order valence-electron chi connectivity index (χ4n) is 2.38. The van der Waals surface area contributed by atoms with Gasteiger partial charge in [0.15, 0.2) is 0 Å². The quantitative estimate of drug-likeness (QED) is 0.719. The Morgan fingerprint density at radius 1 is 1.16 bits per heavy atom. The van der Waals surface area contributed by atoms with E-state index in [-0.39, 0.29) is 6.42 Å². The molecule has 2 unspecified atom stereocenters. The third kappa shape index (κ3) is 5.69. The lowest BCUT2D eigenvalue weighted by molar-refractivity contribution is -0.141. The SMILES string of the molecule is CC(Cc1ccc(NC(=O)CC(O)c2cccc(F)c2)cc1)C(=O)O. The summed E-state index contributed by atoms with van der Waals surface area (Å²) >= 11 is 0. The first-order valence-corrected chi connectivity index (χ1v) is 7.90. The van der Waals surface area contributed by atoms with Crippen molar-refractivity contribution in [2.45, 2.75) is 25.9 Å². The highest BCUT2D eigenvalue weighted by atomic mass is 19.1. The van der Waals surface area contributed by atoms with Crippen molar-refractivity contribution in [3.05, 3.63) is 65.5 Å². The molecule has 0 saturated heterocycles. The van der Waals surface area contributed by atoms with Crippen molar-refractivity contribution < 1.29 is 24.2 Å². The number of rotatable bonds is 7. The van der Waals surface area contributed by atoms with Gasteiger partial charge in [-0.05, 0) is 41.8 Å². The standard InChI is InChI=1S/C19H20FNO4/c1-12(19(24)25)9-13-5-7-16(8-6-13)21-18(23)11-17(22)14-3-2-4-15(20)10-14/h2-8,10,12,17,22H,9,11H2,1H3,(H,21,23)(H,24,25). The van der Waals surface area contributed by atoms with Gasteiger partial charge in [0, 0.05) is 5.69 Å². The zero-order chi connectivity index (χ0) is 18.4. The minimum Gasteiger partial charge on any atom is -0.481 e. The number of hydrogen-bond acceptors (Lipinski definition) is 3. The van der Waals surface area contributed by atoms with Gasteiger partial charge in [0.2, 0.25) is 5.91 Å². The molecule has 6 heteroatoms. The average molecular weight is 345 g/mol. The summed E-state index contributed by atoms with van der Waals surface area (Å²) in [5.41, 5.74) is 1.74. The van der Waals surface area contributed by atoms with E-state index in [1.807, 2.05) is 0 Å². The van der Waals surface area contributed by atoms with Gasteiger partial charge in [-0.15, -0.1) is 0 Å². The van der Waals surface area contributed by atoms with Crippen LogP contribution in [-0.4, -0.2) is 22.1 Å². The highest BCUT2D eigenvalue weighted by molar-refractivity contribution is 5.91. The summed E-state index contributed by atoms with van der Waals surface area (Å²) in [7, 11) is 0. The van der Waals surface area contributed by atoms with Gasteiger partial charge in [0.1, 0.15) is 5.82 Å². The third-order valence-corrected chi connectivity index (χ3v) is 3.81. The highest BCUT2D eigenvalue weighted by Gasteiger charge is 2.14. The molecule has 132 valence electrons. The molecular weight excluding hydrogens is 325 g/mol. The summed E-state index contributed by atoms with van der Waals surface area (Å²) in [6.45, 7) is 1.63. The molecule has 1 amide bonds. The Bertz CT molecular complexity index is 745. The number of amides is 1. The fourth-order valence-corrected chi connectivity index (χ4v) is 2.38. The topological polar surface area (TPSA) is 86.6 Å². The Kier molecular flexibility index (Phi) is 6.25. The van der Waals surface area contributed by atoms with Crippen molar-refractivity contribution in [3.8, 4) is 0 Å². The molecule has 0 bridgehead atoms. The number of aliphatic carboxylic acids is 1. The lowest BCUT2D eigenvalue weighted by Gasteiger charge is -2.12. The van der Waals surface area contributed by atoms with E-state index in [0.717, 1.165) is 5.56 Å². The number of anilines is 1. The van der Waals surface area contributed by atoms with Gasteiger partial charge in [-0.25, -0.2) is 4.39 Å². The number of benzene rings is 2. The lowest BCUT2D eigenvalue weighted by Crippen LogP contribution is -2.16. The molecule has 0 spiro atoms. The van der Waals surface area contributed by atoms with E-state index in [9.17, 15) is 19.1 Å². The number of nitrogens with one attached hydrogen (secondary N) is 1. The molecule has 2 atom stereocenters. The van der Waals surface area contributed by atoms with Gasteiger partial charge in [0.25, 0.3) is 0 Å². The number of hydrogen-bond donors (Lipinski definition) is 3. The van der Waals surface area contributed by atoms with Gasteiger partial charge >= 0.3 is 5.97 Å². The molecular formula is C19H20FNO4. The number of carbonyl (C=O) groups is 2. The Hall–Kier alpha value is -2.73. The van der Waals surface area contributed by atoms with E-state index in [2.05, 4.69) is 5.32 Å². The van der Waals surface area contributed by atoms with Crippen molar-refractivity contribution in [2.75, 3.05) is 5.32 Å². The van der Waals surface area contributed by atoms with Crippen LogP contribution in [0, 0.1) is 11.7 Å². The molecule has 3 N–H and O–H groups in total. The number of carboxylic acids is 1. The second kappa shape index (κ2) is 8.39. The number of aliphatic hydroxyl groups excluding tert-OH is 1. The smallest absolute Gasteiger partial charge is 0.306 e. The summed E-state index contributed by atoms with van der Waals surface area (Å²) in [6.07, 6.45) is -0.880. The number of halogens is 1. The van der Waals surface area contributed by atoms with Crippen molar-refractivity contribution in [3.63, 3.8) is 0 Å². The molecule has 0 heterocycles. The van der Waals surface area contributed by atoms with Crippen LogP contribution in [0.1, 0.15) is 30.6 Å².